The maximum absolute atomic E-state index is 2.40. The lowest BCUT2D eigenvalue weighted by Gasteiger charge is -2.26. The van der Waals surface area contributed by atoms with E-state index in [1.54, 1.807) is 0 Å². The van der Waals surface area contributed by atoms with Gasteiger partial charge in [0.1, 0.15) is 0 Å². The van der Waals surface area contributed by atoms with Gasteiger partial charge in [-0.25, -0.2) is 0 Å². The Morgan fingerprint density at radius 2 is 0.400 bits per heavy atom. The van der Waals surface area contributed by atoms with E-state index in [0.29, 0.717) is 0 Å². The van der Waals surface area contributed by atoms with Gasteiger partial charge in [0.2, 0.25) is 0 Å². The molecular formula is C66H39NS3. The molecule has 70 heavy (non-hydrogen) atoms. The van der Waals surface area contributed by atoms with E-state index in [0.717, 1.165) is 17.1 Å². The zero-order chi connectivity index (χ0) is 45.9. The van der Waals surface area contributed by atoms with Crippen LogP contribution in [-0.4, -0.2) is 0 Å². The van der Waals surface area contributed by atoms with Crippen molar-refractivity contribution in [3.63, 3.8) is 0 Å². The quantitative estimate of drug-likeness (QED) is 0.150. The summed E-state index contributed by atoms with van der Waals surface area (Å²) in [6.07, 6.45) is 0. The maximum atomic E-state index is 2.40. The van der Waals surface area contributed by atoms with E-state index in [9.17, 15) is 0 Å². The Hall–Kier alpha value is -8.12. The van der Waals surface area contributed by atoms with Gasteiger partial charge in [-0.1, -0.05) is 182 Å². The fourth-order valence-corrected chi connectivity index (χ4v) is 14.8. The molecule has 1 nitrogen and oxygen atoms in total. The molecule has 0 aliphatic rings. The van der Waals surface area contributed by atoms with Crippen LogP contribution in [0.1, 0.15) is 0 Å². The molecular weight excluding hydrogens is 903 g/mol. The number of nitrogens with zero attached hydrogens (tertiary/aromatic N) is 1. The van der Waals surface area contributed by atoms with Crippen LogP contribution in [0.4, 0.5) is 17.1 Å². The summed E-state index contributed by atoms with van der Waals surface area (Å²) in [5.41, 5.74) is 7.00. The maximum Gasteiger partial charge on any atom is 0.0462 e. The third-order valence-electron chi connectivity index (χ3n) is 14.5. The Morgan fingerprint density at radius 3 is 0.643 bits per heavy atom. The number of hydrogen-bond donors (Lipinski definition) is 0. The Bertz CT molecular complexity index is 3890. The van der Waals surface area contributed by atoms with Crippen molar-refractivity contribution in [3.8, 4) is 31.3 Å². The summed E-state index contributed by atoms with van der Waals surface area (Å²) in [5, 5.41) is 19.7. The minimum Gasteiger partial charge on any atom is -0.311 e. The Labute approximate surface area is 416 Å². The van der Waals surface area contributed by atoms with Crippen LogP contribution in [0.3, 0.4) is 0 Å². The fraction of sp³-hybridized carbons (Fsp3) is 0. The number of rotatable bonds is 6. The lowest BCUT2D eigenvalue weighted by Crippen LogP contribution is -2.09. The molecule has 0 aliphatic heterocycles. The summed E-state index contributed by atoms with van der Waals surface area (Å²) in [6.45, 7) is 0. The smallest absolute Gasteiger partial charge is 0.0462 e. The lowest BCUT2D eigenvalue weighted by molar-refractivity contribution is 1.28. The summed E-state index contributed by atoms with van der Waals surface area (Å²) in [7, 11) is 0. The monoisotopic (exact) mass is 941 g/mol. The topological polar surface area (TPSA) is 3.24 Å². The number of hydrogen-bond acceptors (Lipinski definition) is 4. The van der Waals surface area contributed by atoms with Crippen LogP contribution >= 0.6 is 34.0 Å². The van der Waals surface area contributed by atoms with Crippen LogP contribution in [0.25, 0.3) is 126 Å². The number of fused-ring (bicyclic) bond motifs is 18. The van der Waals surface area contributed by atoms with E-state index in [2.05, 4.69) is 241 Å². The molecule has 0 N–H and O–H groups in total. The second-order valence-electron chi connectivity index (χ2n) is 18.3. The predicted molar refractivity (Wildman–Crippen MR) is 309 cm³/mol. The van der Waals surface area contributed by atoms with Crippen molar-refractivity contribution in [2.75, 3.05) is 4.90 Å². The minimum atomic E-state index is 1.11. The first-order valence-corrected chi connectivity index (χ1v) is 26.3. The lowest BCUT2D eigenvalue weighted by atomic mass is 9.98. The highest BCUT2D eigenvalue weighted by atomic mass is 32.1. The van der Waals surface area contributed by atoms with Crippen molar-refractivity contribution >= 4 is 146 Å². The summed E-state index contributed by atoms with van der Waals surface area (Å²) < 4.78 is 4.03. The molecule has 15 aromatic rings. The van der Waals surface area contributed by atoms with E-state index in [1.165, 1.54) is 126 Å². The second kappa shape index (κ2) is 15.7. The van der Waals surface area contributed by atoms with Crippen LogP contribution < -0.4 is 4.90 Å². The normalized spacial score (nSPS) is 12.0. The Balaban J connectivity index is 0.840. The largest absolute Gasteiger partial charge is 0.311 e. The van der Waals surface area contributed by atoms with Gasteiger partial charge in [-0.15, -0.1) is 34.0 Å². The molecule has 0 unspecified atom stereocenters. The van der Waals surface area contributed by atoms with Crippen LogP contribution in [0, 0.1) is 0 Å². The third-order valence-corrected chi connectivity index (χ3v) is 18.1. The van der Waals surface area contributed by atoms with Crippen LogP contribution in [0.15, 0.2) is 237 Å². The third kappa shape index (κ3) is 6.14. The first-order chi connectivity index (χ1) is 34.7. The molecule has 4 heteroatoms. The predicted octanol–water partition coefficient (Wildman–Crippen LogP) is 20.7. The highest BCUT2D eigenvalue weighted by Gasteiger charge is 2.19. The average Bonchev–Trinajstić information content (AvgIpc) is 4.22. The highest BCUT2D eigenvalue weighted by Crippen LogP contribution is 2.47. The van der Waals surface area contributed by atoms with Crippen molar-refractivity contribution in [1.29, 1.82) is 0 Å². The van der Waals surface area contributed by atoms with Gasteiger partial charge >= 0.3 is 0 Å². The molecule has 0 saturated heterocycles. The molecule has 0 fully saturated rings. The summed E-state index contributed by atoms with van der Waals surface area (Å²) >= 11 is 5.68. The molecule has 0 aliphatic carbocycles. The van der Waals surface area contributed by atoms with E-state index < -0.39 is 0 Å². The van der Waals surface area contributed by atoms with Crippen molar-refractivity contribution in [1.82, 2.24) is 0 Å². The SMILES string of the molecule is c1ccc2c(c1)c1ccccc1c1sc(-c3ccc(N(c4ccc(-c5cc6c7ccccc7c7ccccc7c6s5)cc4)c4ccc(-c5cc6c7ccccc7c7ccccc7c6s5)cc4)cc3)cc21. The van der Waals surface area contributed by atoms with Crippen molar-refractivity contribution in [2.45, 2.75) is 0 Å². The fourth-order valence-electron chi connectivity index (χ4n) is 11.2. The molecule has 0 atom stereocenters. The zero-order valence-corrected chi connectivity index (χ0v) is 40.1. The van der Waals surface area contributed by atoms with Gasteiger partial charge in [-0.2, -0.15) is 0 Å². The van der Waals surface area contributed by atoms with E-state index in [-0.39, 0.29) is 0 Å². The molecule has 0 bridgehead atoms. The van der Waals surface area contributed by atoms with Gasteiger partial charge in [0.15, 0.2) is 0 Å². The van der Waals surface area contributed by atoms with Crippen LogP contribution in [0.5, 0.6) is 0 Å². The summed E-state index contributed by atoms with van der Waals surface area (Å²) in [4.78, 5) is 6.23. The Morgan fingerprint density at radius 1 is 0.200 bits per heavy atom. The van der Waals surface area contributed by atoms with E-state index >= 15 is 0 Å². The van der Waals surface area contributed by atoms with Crippen LogP contribution in [-0.2, 0) is 0 Å². The minimum absolute atomic E-state index is 1.11. The molecule has 12 aromatic carbocycles. The van der Waals surface area contributed by atoms with Gasteiger partial charge in [0.25, 0.3) is 0 Å². The zero-order valence-electron chi connectivity index (χ0n) is 37.7. The molecule has 3 heterocycles. The summed E-state index contributed by atoms with van der Waals surface area (Å²) in [6, 6.07) is 87.9. The molecule has 0 radical (unpaired) electrons. The summed E-state index contributed by atoms with van der Waals surface area (Å²) in [5.74, 6) is 0. The van der Waals surface area contributed by atoms with Gasteiger partial charge in [0, 0.05) is 78.1 Å². The van der Waals surface area contributed by atoms with Gasteiger partial charge in [0.05, 0.1) is 0 Å². The molecule has 15 rings (SSSR count). The molecule has 0 amide bonds. The van der Waals surface area contributed by atoms with E-state index in [1.807, 2.05) is 34.0 Å². The van der Waals surface area contributed by atoms with Gasteiger partial charge in [-0.3, -0.25) is 0 Å². The van der Waals surface area contributed by atoms with Gasteiger partial charge < -0.3 is 4.90 Å². The number of anilines is 3. The molecule has 3 aromatic heterocycles. The van der Waals surface area contributed by atoms with Gasteiger partial charge in [-0.05, 0) is 120 Å². The number of thiophene rings is 3. The van der Waals surface area contributed by atoms with E-state index in [4.69, 9.17) is 0 Å². The molecule has 0 spiro atoms. The first kappa shape index (κ1) is 39.8. The average molecular weight is 942 g/mol. The first-order valence-electron chi connectivity index (χ1n) is 23.8. The molecule has 0 saturated carbocycles. The Kier molecular flexibility index (Phi) is 8.94. The molecule has 326 valence electrons. The van der Waals surface area contributed by atoms with Crippen molar-refractivity contribution in [2.24, 2.45) is 0 Å². The number of benzene rings is 12. The van der Waals surface area contributed by atoms with Crippen LogP contribution in [0.2, 0.25) is 0 Å². The highest BCUT2D eigenvalue weighted by molar-refractivity contribution is 7.24. The standard InChI is InChI=1S/C66H39NS3/c1-4-19-52-46(13-1)49-16-7-10-22-55(49)64-58(52)37-61(68-64)40-25-31-43(32-26-40)67(44-33-27-41(28-34-44)62-38-59-53-20-5-2-14-47(53)50-17-8-11-23-56(50)65(59)69-62)45-35-29-42(30-36-45)63-39-60-54-21-6-3-15-48(54)51-18-9-12-24-57(51)66(60)70-63/h1-39H. The van der Waals surface area contributed by atoms with Crippen molar-refractivity contribution in [3.05, 3.63) is 237 Å². The second-order valence-corrected chi connectivity index (χ2v) is 21.5. The van der Waals surface area contributed by atoms with Crippen molar-refractivity contribution < 1.29 is 0 Å².